The molecule has 1 unspecified atom stereocenters. The fourth-order valence-corrected chi connectivity index (χ4v) is 1.26. The summed E-state index contributed by atoms with van der Waals surface area (Å²) < 4.78 is 10.4. The van der Waals surface area contributed by atoms with Gasteiger partial charge in [-0.2, -0.15) is 9.90 Å². The first-order valence-electron chi connectivity index (χ1n) is 4.53. The van der Waals surface area contributed by atoms with Crippen LogP contribution >= 0.6 is 9.90 Å². The monoisotopic (exact) mass is 223 g/mol. The van der Waals surface area contributed by atoms with E-state index in [9.17, 15) is 0 Å². The molecule has 0 bridgehead atoms. The van der Waals surface area contributed by atoms with Crippen molar-refractivity contribution < 1.29 is 9.15 Å². The molecule has 0 aliphatic heterocycles. The first kappa shape index (κ1) is 11.7. The van der Waals surface area contributed by atoms with Crippen molar-refractivity contribution in [2.24, 2.45) is 0 Å². The fourth-order valence-electron chi connectivity index (χ4n) is 1.26. The Hall–Kier alpha value is -1.34. The van der Waals surface area contributed by atoms with Crippen molar-refractivity contribution in [3.05, 3.63) is 36.7 Å². The Morgan fingerprint density at radius 1 is 1.27 bits per heavy atom. The lowest BCUT2D eigenvalue weighted by Crippen LogP contribution is -1.91. The molecular formula is C11H14NO2P. The average molecular weight is 223 g/mol. The highest BCUT2D eigenvalue weighted by atomic mass is 31.0. The van der Waals surface area contributed by atoms with Crippen molar-refractivity contribution >= 4 is 9.90 Å². The van der Waals surface area contributed by atoms with Gasteiger partial charge >= 0.3 is 5.95 Å². The van der Waals surface area contributed by atoms with Gasteiger partial charge in [0.1, 0.15) is 0 Å². The predicted molar refractivity (Wildman–Crippen MR) is 64.2 cm³/mol. The maximum atomic E-state index is 5.30. The van der Waals surface area contributed by atoms with Crippen LogP contribution in [0.1, 0.15) is 6.92 Å². The molecule has 2 rings (SSSR count). The van der Waals surface area contributed by atoms with Crippen molar-refractivity contribution in [3.8, 4) is 17.2 Å². The molecule has 1 atom stereocenters. The second kappa shape index (κ2) is 5.52. The maximum Gasteiger partial charge on any atom is 0.313 e. The quantitative estimate of drug-likeness (QED) is 0.750. The van der Waals surface area contributed by atoms with Gasteiger partial charge in [0.15, 0.2) is 12.1 Å². The van der Waals surface area contributed by atoms with E-state index in [0.717, 1.165) is 11.3 Å². The van der Waals surface area contributed by atoms with E-state index in [1.807, 2.05) is 37.3 Å². The number of nitrogens with zero attached hydrogens (tertiary/aromatic N) is 1. The Labute approximate surface area is 92.1 Å². The van der Waals surface area contributed by atoms with Crippen LogP contribution in [0.5, 0.6) is 5.95 Å². The molecule has 1 heterocycles. The van der Waals surface area contributed by atoms with Gasteiger partial charge in [0.25, 0.3) is 0 Å². The number of aromatic nitrogens is 1. The van der Waals surface area contributed by atoms with Crippen LogP contribution in [-0.4, -0.2) is 11.6 Å². The third-order valence-corrected chi connectivity index (χ3v) is 1.86. The predicted octanol–water partition coefficient (Wildman–Crippen LogP) is 2.80. The highest BCUT2D eigenvalue weighted by Gasteiger charge is 2.10. The molecule has 0 saturated carbocycles. The Morgan fingerprint density at radius 3 is 2.67 bits per heavy atom. The number of benzene rings is 1. The third-order valence-electron chi connectivity index (χ3n) is 1.86. The minimum absolute atomic E-state index is 0. The number of oxazole rings is 1. The van der Waals surface area contributed by atoms with Gasteiger partial charge < -0.3 is 9.15 Å². The molecule has 1 aromatic carbocycles. The summed E-state index contributed by atoms with van der Waals surface area (Å²) >= 11 is 0. The lowest BCUT2D eigenvalue weighted by molar-refractivity contribution is 0.259. The number of rotatable bonds is 3. The molecule has 2 aromatic rings. The largest absolute Gasteiger partial charge is 0.464 e. The topological polar surface area (TPSA) is 35.3 Å². The molecule has 0 radical (unpaired) electrons. The molecule has 1 aromatic heterocycles. The summed E-state index contributed by atoms with van der Waals surface area (Å²) in [7, 11) is 0. The SMILES string of the molecule is CCOc1ocnc1-c1ccccc1.P. The van der Waals surface area contributed by atoms with E-state index in [-0.39, 0.29) is 9.90 Å². The van der Waals surface area contributed by atoms with Crippen molar-refractivity contribution in [1.29, 1.82) is 0 Å². The van der Waals surface area contributed by atoms with E-state index in [2.05, 4.69) is 4.98 Å². The van der Waals surface area contributed by atoms with Crippen molar-refractivity contribution in [2.45, 2.75) is 6.92 Å². The van der Waals surface area contributed by atoms with E-state index in [1.54, 1.807) is 0 Å². The first-order chi connectivity index (χ1) is 6.92. The van der Waals surface area contributed by atoms with Gasteiger partial charge in [0.05, 0.1) is 6.61 Å². The highest BCUT2D eigenvalue weighted by molar-refractivity contribution is 6.92. The standard InChI is InChI=1S/C11H11NO2.H3P/c1-2-13-11-10(12-8-14-11)9-6-4-3-5-7-9;/h3-8H,2H2,1H3;1H3. The molecule has 15 heavy (non-hydrogen) atoms. The van der Waals surface area contributed by atoms with E-state index >= 15 is 0 Å². The summed E-state index contributed by atoms with van der Waals surface area (Å²) in [5, 5.41) is 0. The van der Waals surface area contributed by atoms with Crippen LogP contribution in [0, 0.1) is 0 Å². The van der Waals surface area contributed by atoms with Crippen LogP contribution in [0.25, 0.3) is 11.3 Å². The van der Waals surface area contributed by atoms with Gasteiger partial charge in [0.2, 0.25) is 0 Å². The zero-order chi connectivity index (χ0) is 9.80. The number of hydrogen-bond donors (Lipinski definition) is 0. The average Bonchev–Trinajstić information content (AvgIpc) is 2.68. The second-order valence-electron chi connectivity index (χ2n) is 2.79. The molecule has 3 nitrogen and oxygen atoms in total. The summed E-state index contributed by atoms with van der Waals surface area (Å²) in [5.41, 5.74) is 1.76. The van der Waals surface area contributed by atoms with Crippen LogP contribution in [0.2, 0.25) is 0 Å². The Balaban J connectivity index is 0.00000112. The van der Waals surface area contributed by atoms with Crippen LogP contribution in [0.4, 0.5) is 0 Å². The van der Waals surface area contributed by atoms with E-state index in [0.29, 0.717) is 12.6 Å². The van der Waals surface area contributed by atoms with Gasteiger partial charge in [-0.05, 0) is 6.92 Å². The molecule has 0 spiro atoms. The lowest BCUT2D eigenvalue weighted by atomic mass is 10.2. The molecular weight excluding hydrogens is 209 g/mol. The Kier molecular flexibility index (Phi) is 4.32. The fraction of sp³-hybridized carbons (Fsp3) is 0.182. The summed E-state index contributed by atoms with van der Waals surface area (Å²) in [5.74, 6) is 0.485. The van der Waals surface area contributed by atoms with Crippen molar-refractivity contribution in [2.75, 3.05) is 6.61 Å². The third kappa shape index (κ3) is 2.57. The van der Waals surface area contributed by atoms with Gasteiger partial charge in [-0.3, -0.25) is 0 Å². The Morgan fingerprint density at radius 2 is 2.00 bits per heavy atom. The van der Waals surface area contributed by atoms with Gasteiger partial charge in [0, 0.05) is 5.56 Å². The molecule has 0 amide bonds. The summed E-state index contributed by atoms with van der Waals surface area (Å²) in [4.78, 5) is 4.11. The van der Waals surface area contributed by atoms with E-state index < -0.39 is 0 Å². The molecule has 80 valence electrons. The Bertz CT molecular complexity index is 400. The summed E-state index contributed by atoms with van der Waals surface area (Å²) in [6, 6.07) is 9.82. The summed E-state index contributed by atoms with van der Waals surface area (Å²) in [6.45, 7) is 2.49. The zero-order valence-corrected chi connectivity index (χ0v) is 10.1. The first-order valence-corrected chi connectivity index (χ1v) is 4.53. The molecule has 0 aliphatic rings. The zero-order valence-electron chi connectivity index (χ0n) is 8.64. The van der Waals surface area contributed by atoms with Crippen molar-refractivity contribution in [3.63, 3.8) is 0 Å². The minimum atomic E-state index is 0. The maximum absolute atomic E-state index is 5.30. The molecule has 0 N–H and O–H groups in total. The van der Waals surface area contributed by atoms with Crippen LogP contribution in [-0.2, 0) is 0 Å². The minimum Gasteiger partial charge on any atom is -0.464 e. The van der Waals surface area contributed by atoms with E-state index in [1.165, 1.54) is 6.39 Å². The molecule has 0 saturated heterocycles. The van der Waals surface area contributed by atoms with Crippen LogP contribution in [0.3, 0.4) is 0 Å². The van der Waals surface area contributed by atoms with Gasteiger partial charge in [-0.25, -0.2) is 4.98 Å². The molecule has 0 aliphatic carbocycles. The summed E-state index contributed by atoms with van der Waals surface area (Å²) in [6.07, 6.45) is 1.40. The smallest absolute Gasteiger partial charge is 0.313 e. The van der Waals surface area contributed by atoms with E-state index in [4.69, 9.17) is 9.15 Å². The van der Waals surface area contributed by atoms with Crippen molar-refractivity contribution in [1.82, 2.24) is 4.98 Å². The van der Waals surface area contributed by atoms with Gasteiger partial charge in [-0.1, -0.05) is 30.3 Å². The molecule has 0 fully saturated rings. The number of hydrogen-bond acceptors (Lipinski definition) is 3. The lowest BCUT2D eigenvalue weighted by Gasteiger charge is -2.00. The normalized spacial score (nSPS) is 9.40. The second-order valence-corrected chi connectivity index (χ2v) is 2.79. The van der Waals surface area contributed by atoms with Gasteiger partial charge in [-0.15, -0.1) is 0 Å². The highest BCUT2D eigenvalue weighted by Crippen LogP contribution is 2.27. The van der Waals surface area contributed by atoms with Crippen LogP contribution in [0.15, 0.2) is 41.1 Å². The number of ether oxygens (including phenoxy) is 1. The van der Waals surface area contributed by atoms with Crippen LogP contribution < -0.4 is 4.74 Å². The molecule has 4 heteroatoms.